The van der Waals surface area contributed by atoms with E-state index in [4.69, 9.17) is 11.6 Å². The SMILES string of the molecule is CC(=O)Nc1ccc(NC(C)C(F)F)cc1Cl. The van der Waals surface area contributed by atoms with Crippen LogP contribution in [0.25, 0.3) is 0 Å². The number of anilines is 2. The van der Waals surface area contributed by atoms with E-state index in [1.54, 1.807) is 12.1 Å². The molecule has 0 aliphatic carbocycles. The largest absolute Gasteiger partial charge is 0.377 e. The number of carbonyl (C=O) groups excluding carboxylic acids is 1. The Kier molecular flexibility index (Phi) is 4.69. The zero-order chi connectivity index (χ0) is 13.0. The predicted molar refractivity (Wildman–Crippen MR) is 64.8 cm³/mol. The van der Waals surface area contributed by atoms with Crippen LogP contribution in [-0.2, 0) is 4.79 Å². The molecule has 1 rings (SSSR count). The predicted octanol–water partition coefficient (Wildman–Crippen LogP) is 3.36. The molecule has 3 nitrogen and oxygen atoms in total. The van der Waals surface area contributed by atoms with E-state index in [-0.39, 0.29) is 5.91 Å². The van der Waals surface area contributed by atoms with Gasteiger partial charge >= 0.3 is 0 Å². The molecule has 2 N–H and O–H groups in total. The molecule has 94 valence electrons. The Morgan fingerprint density at radius 3 is 2.53 bits per heavy atom. The molecule has 6 heteroatoms. The molecule has 1 atom stereocenters. The van der Waals surface area contributed by atoms with E-state index >= 15 is 0 Å². The van der Waals surface area contributed by atoms with Crippen molar-refractivity contribution < 1.29 is 13.6 Å². The van der Waals surface area contributed by atoms with Gasteiger partial charge in [0.25, 0.3) is 6.43 Å². The molecule has 0 aliphatic heterocycles. The summed E-state index contributed by atoms with van der Waals surface area (Å²) in [4.78, 5) is 10.8. The van der Waals surface area contributed by atoms with E-state index in [0.717, 1.165) is 0 Å². The zero-order valence-corrected chi connectivity index (χ0v) is 10.2. The minimum atomic E-state index is -2.45. The van der Waals surface area contributed by atoms with Crippen LogP contribution in [0.2, 0.25) is 5.02 Å². The summed E-state index contributed by atoms with van der Waals surface area (Å²) in [5, 5.41) is 5.44. The summed E-state index contributed by atoms with van der Waals surface area (Å²) in [6.07, 6.45) is -2.45. The Hall–Kier alpha value is -1.36. The highest BCUT2D eigenvalue weighted by Gasteiger charge is 2.14. The van der Waals surface area contributed by atoms with Gasteiger partial charge in [-0.2, -0.15) is 0 Å². The maximum atomic E-state index is 12.3. The van der Waals surface area contributed by atoms with Crippen molar-refractivity contribution in [3.8, 4) is 0 Å². The van der Waals surface area contributed by atoms with E-state index < -0.39 is 12.5 Å². The Morgan fingerprint density at radius 1 is 1.41 bits per heavy atom. The van der Waals surface area contributed by atoms with Crippen molar-refractivity contribution in [1.29, 1.82) is 0 Å². The molecule has 17 heavy (non-hydrogen) atoms. The highest BCUT2D eigenvalue weighted by Crippen LogP contribution is 2.26. The van der Waals surface area contributed by atoms with Crippen LogP contribution in [0.3, 0.4) is 0 Å². The van der Waals surface area contributed by atoms with Crippen LogP contribution >= 0.6 is 11.6 Å². The molecule has 0 bridgehead atoms. The smallest absolute Gasteiger partial charge is 0.258 e. The first-order valence-electron chi connectivity index (χ1n) is 5.02. The second-order valence-electron chi connectivity index (χ2n) is 3.64. The Labute approximate surface area is 103 Å². The van der Waals surface area contributed by atoms with Gasteiger partial charge in [-0.05, 0) is 25.1 Å². The van der Waals surface area contributed by atoms with Crippen molar-refractivity contribution in [3.63, 3.8) is 0 Å². The molecule has 0 aromatic heterocycles. The van der Waals surface area contributed by atoms with Crippen molar-refractivity contribution in [1.82, 2.24) is 0 Å². The van der Waals surface area contributed by atoms with Crippen molar-refractivity contribution in [2.24, 2.45) is 0 Å². The van der Waals surface area contributed by atoms with Crippen molar-refractivity contribution in [2.45, 2.75) is 26.3 Å². The number of benzene rings is 1. The number of nitrogens with one attached hydrogen (secondary N) is 2. The average molecular weight is 263 g/mol. The Balaban J connectivity index is 2.78. The van der Waals surface area contributed by atoms with Crippen molar-refractivity contribution >= 4 is 28.9 Å². The molecule has 0 radical (unpaired) electrons. The first kappa shape index (κ1) is 13.7. The van der Waals surface area contributed by atoms with Crippen LogP contribution in [0.15, 0.2) is 18.2 Å². The molecule has 1 aromatic rings. The summed E-state index contributed by atoms with van der Waals surface area (Å²) in [5.41, 5.74) is 0.936. The third-order valence-electron chi connectivity index (χ3n) is 2.05. The Morgan fingerprint density at radius 2 is 2.06 bits per heavy atom. The molecule has 1 amide bonds. The van der Waals surface area contributed by atoms with Gasteiger partial charge in [-0.25, -0.2) is 8.78 Å². The number of halogens is 3. The fraction of sp³-hybridized carbons (Fsp3) is 0.364. The first-order chi connectivity index (χ1) is 7.90. The molecule has 1 aromatic carbocycles. The fourth-order valence-electron chi connectivity index (χ4n) is 1.22. The van der Waals surface area contributed by atoms with E-state index in [0.29, 0.717) is 16.4 Å². The number of rotatable bonds is 4. The molecule has 1 unspecified atom stereocenters. The molecule has 0 heterocycles. The molecule has 0 aliphatic rings. The van der Waals surface area contributed by atoms with Crippen LogP contribution in [0, 0.1) is 0 Å². The van der Waals surface area contributed by atoms with Gasteiger partial charge in [0, 0.05) is 12.6 Å². The van der Waals surface area contributed by atoms with E-state index in [9.17, 15) is 13.6 Å². The van der Waals surface area contributed by atoms with Gasteiger partial charge in [0.1, 0.15) is 0 Å². The van der Waals surface area contributed by atoms with Crippen molar-refractivity contribution in [2.75, 3.05) is 10.6 Å². The molecular formula is C11H13ClF2N2O. The summed E-state index contributed by atoms with van der Waals surface area (Å²) in [7, 11) is 0. The average Bonchev–Trinajstić information content (AvgIpc) is 2.21. The molecule has 0 saturated heterocycles. The van der Waals surface area contributed by atoms with Gasteiger partial charge in [0.15, 0.2) is 0 Å². The summed E-state index contributed by atoms with van der Waals surface area (Å²) < 4.78 is 24.6. The van der Waals surface area contributed by atoms with Crippen LogP contribution < -0.4 is 10.6 Å². The minimum absolute atomic E-state index is 0.242. The minimum Gasteiger partial charge on any atom is -0.377 e. The maximum absolute atomic E-state index is 12.3. The number of alkyl halides is 2. The highest BCUT2D eigenvalue weighted by molar-refractivity contribution is 6.34. The lowest BCUT2D eigenvalue weighted by Gasteiger charge is -2.15. The topological polar surface area (TPSA) is 41.1 Å². The summed E-state index contributed by atoms with van der Waals surface area (Å²) >= 11 is 5.89. The number of hydrogen-bond donors (Lipinski definition) is 2. The lowest BCUT2D eigenvalue weighted by atomic mass is 10.2. The third kappa shape index (κ3) is 4.19. The molecular weight excluding hydrogens is 250 g/mol. The van der Waals surface area contributed by atoms with Gasteiger partial charge in [0.05, 0.1) is 16.8 Å². The van der Waals surface area contributed by atoms with E-state index in [1.165, 1.54) is 19.9 Å². The van der Waals surface area contributed by atoms with Crippen molar-refractivity contribution in [3.05, 3.63) is 23.2 Å². The third-order valence-corrected chi connectivity index (χ3v) is 2.36. The van der Waals surface area contributed by atoms with Gasteiger partial charge < -0.3 is 10.6 Å². The first-order valence-corrected chi connectivity index (χ1v) is 5.39. The van der Waals surface area contributed by atoms with Gasteiger partial charge in [-0.3, -0.25) is 4.79 Å². The van der Waals surface area contributed by atoms with Gasteiger partial charge in [-0.15, -0.1) is 0 Å². The Bertz CT molecular complexity index is 412. The maximum Gasteiger partial charge on any atom is 0.258 e. The van der Waals surface area contributed by atoms with Gasteiger partial charge in [-0.1, -0.05) is 11.6 Å². The quantitative estimate of drug-likeness (QED) is 0.874. The second-order valence-corrected chi connectivity index (χ2v) is 4.05. The van der Waals surface area contributed by atoms with Crippen LogP contribution in [0.1, 0.15) is 13.8 Å². The number of hydrogen-bond acceptors (Lipinski definition) is 2. The fourth-order valence-corrected chi connectivity index (χ4v) is 1.45. The van der Waals surface area contributed by atoms with E-state index in [2.05, 4.69) is 10.6 Å². The summed E-state index contributed by atoms with van der Waals surface area (Å²) in [6.45, 7) is 2.74. The van der Waals surface area contributed by atoms with Crippen LogP contribution in [0.4, 0.5) is 20.2 Å². The monoisotopic (exact) mass is 262 g/mol. The number of amides is 1. The second kappa shape index (κ2) is 5.82. The standard InChI is InChI=1S/C11H13ClF2N2O/c1-6(11(13)14)15-8-3-4-10(9(12)5-8)16-7(2)17/h3-6,11,15H,1-2H3,(H,16,17). The lowest BCUT2D eigenvalue weighted by molar-refractivity contribution is -0.114. The highest BCUT2D eigenvalue weighted by atomic mass is 35.5. The summed E-state index contributed by atoms with van der Waals surface area (Å²) in [6, 6.07) is 3.67. The number of carbonyl (C=O) groups is 1. The molecule has 0 fully saturated rings. The normalized spacial score (nSPS) is 12.4. The molecule has 0 saturated carbocycles. The zero-order valence-electron chi connectivity index (χ0n) is 9.43. The van der Waals surface area contributed by atoms with Crippen LogP contribution in [-0.4, -0.2) is 18.4 Å². The van der Waals surface area contributed by atoms with E-state index in [1.807, 2.05) is 0 Å². The van der Waals surface area contributed by atoms with Crippen LogP contribution in [0.5, 0.6) is 0 Å². The van der Waals surface area contributed by atoms with Gasteiger partial charge in [0.2, 0.25) is 5.91 Å². The lowest BCUT2D eigenvalue weighted by Crippen LogP contribution is -2.23. The molecule has 0 spiro atoms. The summed E-state index contributed by atoms with van der Waals surface area (Å²) in [5.74, 6) is -0.242.